The number of furan rings is 1. The Morgan fingerprint density at radius 2 is 2.23 bits per heavy atom. The molecular weight excluding hydrogens is 350 g/mol. The molecule has 132 valence electrons. The van der Waals surface area contributed by atoms with Crippen molar-refractivity contribution in [2.45, 2.75) is 6.54 Å². The van der Waals surface area contributed by atoms with Gasteiger partial charge in [0.05, 0.1) is 18.5 Å². The Kier molecular flexibility index (Phi) is 4.45. The molecule has 0 fully saturated rings. The molecule has 0 radical (unpaired) electrons. The zero-order valence-electron chi connectivity index (χ0n) is 14.1. The van der Waals surface area contributed by atoms with E-state index in [1.54, 1.807) is 30.6 Å². The van der Waals surface area contributed by atoms with E-state index in [1.807, 2.05) is 46.6 Å². The zero-order chi connectivity index (χ0) is 17.9. The number of amides is 1. The van der Waals surface area contributed by atoms with E-state index in [2.05, 4.69) is 10.4 Å². The SMILES string of the molecule is COc1cccc2cc(C(=O)NCCn3ccc(-c4cccs4)n3)oc12. The van der Waals surface area contributed by atoms with Crippen molar-refractivity contribution in [1.29, 1.82) is 0 Å². The van der Waals surface area contributed by atoms with E-state index < -0.39 is 0 Å². The van der Waals surface area contributed by atoms with Crippen LogP contribution in [0.3, 0.4) is 0 Å². The van der Waals surface area contributed by atoms with Crippen molar-refractivity contribution in [3.63, 3.8) is 0 Å². The molecule has 1 aromatic carbocycles. The maximum atomic E-state index is 12.3. The van der Waals surface area contributed by atoms with Crippen LogP contribution in [0.2, 0.25) is 0 Å². The molecule has 26 heavy (non-hydrogen) atoms. The zero-order valence-corrected chi connectivity index (χ0v) is 15.0. The lowest BCUT2D eigenvalue weighted by Gasteiger charge is -2.03. The van der Waals surface area contributed by atoms with E-state index in [0.29, 0.717) is 24.4 Å². The first kappa shape index (κ1) is 16.4. The second-order valence-corrected chi connectivity index (χ2v) is 6.63. The number of para-hydroxylation sites is 1. The highest BCUT2D eigenvalue weighted by atomic mass is 32.1. The van der Waals surface area contributed by atoms with Gasteiger partial charge < -0.3 is 14.5 Å². The van der Waals surface area contributed by atoms with Crippen molar-refractivity contribution in [3.05, 3.63) is 59.8 Å². The number of hydrogen-bond acceptors (Lipinski definition) is 5. The third kappa shape index (κ3) is 3.21. The Morgan fingerprint density at radius 1 is 1.31 bits per heavy atom. The van der Waals surface area contributed by atoms with Crippen molar-refractivity contribution in [2.24, 2.45) is 0 Å². The summed E-state index contributed by atoms with van der Waals surface area (Å²) in [6.07, 6.45) is 1.91. The molecule has 4 rings (SSSR count). The summed E-state index contributed by atoms with van der Waals surface area (Å²) in [5.41, 5.74) is 1.52. The van der Waals surface area contributed by atoms with E-state index in [0.717, 1.165) is 16.0 Å². The van der Waals surface area contributed by atoms with Crippen LogP contribution in [0.15, 0.2) is 58.5 Å². The third-order valence-electron chi connectivity index (χ3n) is 3.99. The van der Waals surface area contributed by atoms with Crippen molar-refractivity contribution in [3.8, 4) is 16.3 Å². The van der Waals surface area contributed by atoms with Crippen LogP contribution >= 0.6 is 11.3 Å². The molecule has 7 heteroatoms. The van der Waals surface area contributed by atoms with Gasteiger partial charge in [0.25, 0.3) is 5.91 Å². The van der Waals surface area contributed by atoms with Crippen molar-refractivity contribution < 1.29 is 13.9 Å². The van der Waals surface area contributed by atoms with Gasteiger partial charge in [0.2, 0.25) is 0 Å². The number of carbonyl (C=O) groups excluding carboxylic acids is 1. The number of hydrogen-bond donors (Lipinski definition) is 1. The number of rotatable bonds is 6. The summed E-state index contributed by atoms with van der Waals surface area (Å²) in [6.45, 7) is 1.04. The van der Waals surface area contributed by atoms with Gasteiger partial charge in [-0.05, 0) is 29.6 Å². The van der Waals surface area contributed by atoms with E-state index in [9.17, 15) is 4.79 Å². The molecule has 0 unspecified atom stereocenters. The van der Waals surface area contributed by atoms with Gasteiger partial charge in [-0.25, -0.2) is 0 Å². The maximum absolute atomic E-state index is 12.3. The number of benzene rings is 1. The average Bonchev–Trinajstić information content (AvgIpc) is 3.39. The predicted molar refractivity (Wildman–Crippen MR) is 101 cm³/mol. The topological polar surface area (TPSA) is 69.3 Å². The third-order valence-corrected chi connectivity index (χ3v) is 4.88. The first-order valence-corrected chi connectivity index (χ1v) is 9.04. The minimum absolute atomic E-state index is 0.256. The molecule has 0 aliphatic rings. The lowest BCUT2D eigenvalue weighted by molar-refractivity contribution is 0.0926. The van der Waals surface area contributed by atoms with Gasteiger partial charge >= 0.3 is 0 Å². The molecule has 0 saturated carbocycles. The average molecular weight is 367 g/mol. The molecule has 0 spiro atoms. The summed E-state index contributed by atoms with van der Waals surface area (Å²) in [4.78, 5) is 13.5. The fourth-order valence-corrected chi connectivity index (χ4v) is 3.41. The summed E-state index contributed by atoms with van der Waals surface area (Å²) in [6, 6.07) is 13.3. The molecule has 0 saturated heterocycles. The lowest BCUT2D eigenvalue weighted by Crippen LogP contribution is -2.27. The second-order valence-electron chi connectivity index (χ2n) is 5.69. The second kappa shape index (κ2) is 7.05. The normalized spacial score (nSPS) is 11.0. The van der Waals surface area contributed by atoms with Gasteiger partial charge in [-0.2, -0.15) is 5.10 Å². The van der Waals surface area contributed by atoms with Gasteiger partial charge in [-0.15, -0.1) is 11.3 Å². The number of nitrogens with one attached hydrogen (secondary N) is 1. The van der Waals surface area contributed by atoms with Crippen LogP contribution in [0.4, 0.5) is 0 Å². The highest BCUT2D eigenvalue weighted by Gasteiger charge is 2.14. The number of methoxy groups -OCH3 is 1. The first-order valence-electron chi connectivity index (χ1n) is 8.16. The van der Waals surface area contributed by atoms with Gasteiger partial charge in [-0.3, -0.25) is 9.48 Å². The summed E-state index contributed by atoms with van der Waals surface area (Å²) < 4.78 is 12.7. The number of aromatic nitrogens is 2. The number of carbonyl (C=O) groups is 1. The number of nitrogens with zero attached hydrogens (tertiary/aromatic N) is 2. The largest absolute Gasteiger partial charge is 0.493 e. The number of fused-ring (bicyclic) bond motifs is 1. The van der Waals surface area contributed by atoms with Crippen molar-refractivity contribution in [2.75, 3.05) is 13.7 Å². The first-order chi connectivity index (χ1) is 12.7. The fraction of sp³-hybridized carbons (Fsp3) is 0.158. The Balaban J connectivity index is 1.38. The summed E-state index contributed by atoms with van der Waals surface area (Å²) in [5.74, 6) is 0.623. The Morgan fingerprint density at radius 3 is 3.04 bits per heavy atom. The van der Waals surface area contributed by atoms with Crippen LogP contribution in [0.25, 0.3) is 21.5 Å². The van der Waals surface area contributed by atoms with Gasteiger partial charge in [0, 0.05) is 18.1 Å². The van der Waals surface area contributed by atoms with E-state index in [-0.39, 0.29) is 11.7 Å². The highest BCUT2D eigenvalue weighted by Crippen LogP contribution is 2.28. The standard InChI is InChI=1S/C19H17N3O3S/c1-24-15-5-2-4-13-12-16(25-18(13)15)19(23)20-8-10-22-9-7-14(21-22)17-6-3-11-26-17/h2-7,9,11-12H,8,10H2,1H3,(H,20,23). The Labute approximate surface area is 154 Å². The minimum atomic E-state index is -0.256. The quantitative estimate of drug-likeness (QED) is 0.563. The number of thiophene rings is 1. The van der Waals surface area contributed by atoms with Crippen LogP contribution in [-0.2, 0) is 6.54 Å². The minimum Gasteiger partial charge on any atom is -0.493 e. The van der Waals surface area contributed by atoms with Gasteiger partial charge in [0.15, 0.2) is 17.1 Å². The molecule has 3 heterocycles. The molecule has 6 nitrogen and oxygen atoms in total. The maximum Gasteiger partial charge on any atom is 0.287 e. The molecule has 1 amide bonds. The molecule has 0 atom stereocenters. The van der Waals surface area contributed by atoms with Crippen LogP contribution < -0.4 is 10.1 Å². The molecule has 0 aliphatic heterocycles. The summed E-state index contributed by atoms with van der Waals surface area (Å²) in [7, 11) is 1.57. The van der Waals surface area contributed by atoms with Crippen LogP contribution in [-0.4, -0.2) is 29.3 Å². The van der Waals surface area contributed by atoms with E-state index in [4.69, 9.17) is 9.15 Å². The van der Waals surface area contributed by atoms with Crippen LogP contribution in [0.5, 0.6) is 5.75 Å². The lowest BCUT2D eigenvalue weighted by atomic mass is 10.2. The molecule has 0 aliphatic carbocycles. The highest BCUT2D eigenvalue weighted by molar-refractivity contribution is 7.13. The summed E-state index contributed by atoms with van der Waals surface area (Å²) in [5, 5.41) is 10.2. The van der Waals surface area contributed by atoms with Crippen molar-refractivity contribution in [1.82, 2.24) is 15.1 Å². The molecular formula is C19H17N3O3S. The van der Waals surface area contributed by atoms with Crippen molar-refractivity contribution >= 4 is 28.2 Å². The monoisotopic (exact) mass is 367 g/mol. The molecule has 4 aromatic rings. The van der Waals surface area contributed by atoms with E-state index >= 15 is 0 Å². The molecule has 3 aromatic heterocycles. The van der Waals surface area contributed by atoms with Gasteiger partial charge in [0.1, 0.15) is 5.69 Å². The molecule has 1 N–H and O–H groups in total. The molecule has 0 bridgehead atoms. The van der Waals surface area contributed by atoms with Crippen LogP contribution in [0, 0.1) is 0 Å². The van der Waals surface area contributed by atoms with Gasteiger partial charge in [-0.1, -0.05) is 18.2 Å². The van der Waals surface area contributed by atoms with E-state index in [1.165, 1.54) is 0 Å². The number of ether oxygens (including phenoxy) is 1. The smallest absolute Gasteiger partial charge is 0.287 e. The predicted octanol–water partition coefficient (Wildman–Crippen LogP) is 3.80. The van der Waals surface area contributed by atoms with Crippen LogP contribution in [0.1, 0.15) is 10.6 Å². The Bertz CT molecular complexity index is 1030. The Hall–Kier alpha value is -3.06. The fourth-order valence-electron chi connectivity index (χ4n) is 2.72. The summed E-state index contributed by atoms with van der Waals surface area (Å²) >= 11 is 1.65.